The molecule has 0 aromatic carbocycles. The normalized spacial score (nSPS) is 20.6. The highest BCUT2D eigenvalue weighted by molar-refractivity contribution is 7.14. The Kier molecular flexibility index (Phi) is 6.34. The van der Waals surface area contributed by atoms with Crippen LogP contribution in [0.5, 0.6) is 5.75 Å². The molecule has 34 heavy (non-hydrogen) atoms. The van der Waals surface area contributed by atoms with E-state index in [9.17, 15) is 22.4 Å². The summed E-state index contributed by atoms with van der Waals surface area (Å²) in [5.74, 6) is -4.02. The largest absolute Gasteiger partial charge is 0.432 e. The van der Waals surface area contributed by atoms with Gasteiger partial charge in [0.1, 0.15) is 0 Å². The summed E-state index contributed by atoms with van der Waals surface area (Å²) in [6, 6.07) is 0.386. The first kappa shape index (κ1) is 24.4. The van der Waals surface area contributed by atoms with Crippen LogP contribution < -0.4 is 10.1 Å². The lowest BCUT2D eigenvalue weighted by Crippen LogP contribution is -2.57. The van der Waals surface area contributed by atoms with Crippen molar-refractivity contribution in [3.8, 4) is 16.9 Å². The van der Waals surface area contributed by atoms with Crippen molar-refractivity contribution in [1.82, 2.24) is 19.9 Å². The maximum absolute atomic E-state index is 14.8. The summed E-state index contributed by atoms with van der Waals surface area (Å²) >= 11 is 1.19. The molecule has 4 rings (SSSR count). The summed E-state index contributed by atoms with van der Waals surface area (Å²) in [4.78, 5) is 18.3. The van der Waals surface area contributed by atoms with Crippen LogP contribution in [-0.4, -0.2) is 39.1 Å². The third kappa shape index (κ3) is 4.75. The van der Waals surface area contributed by atoms with E-state index in [0.29, 0.717) is 34.5 Å². The number of alkyl halides is 4. The second-order valence-electron chi connectivity index (χ2n) is 9.65. The number of carbonyl (C=O) groups excluding carboxylic acids is 1. The van der Waals surface area contributed by atoms with E-state index in [1.165, 1.54) is 34.4 Å². The zero-order chi connectivity index (χ0) is 24.8. The average molecular weight is 499 g/mol. The van der Waals surface area contributed by atoms with E-state index < -0.39 is 24.5 Å². The summed E-state index contributed by atoms with van der Waals surface area (Å²) in [6.07, 6.45) is 4.77. The highest BCUT2D eigenvalue weighted by atomic mass is 32.1. The molecule has 0 aliphatic heterocycles. The highest BCUT2D eigenvalue weighted by Gasteiger charge is 2.51. The number of ether oxygens (including phenoxy) is 1. The second kappa shape index (κ2) is 8.83. The molecule has 0 saturated heterocycles. The van der Waals surface area contributed by atoms with E-state index in [1.54, 1.807) is 6.07 Å². The Morgan fingerprint density at radius 3 is 2.71 bits per heavy atom. The Morgan fingerprint density at radius 1 is 1.29 bits per heavy atom. The third-order valence-corrected chi connectivity index (χ3v) is 7.32. The molecule has 1 aliphatic rings. The Bertz CT molecular complexity index is 1200. The van der Waals surface area contributed by atoms with Crippen LogP contribution in [-0.2, 0) is 0 Å². The quantitative estimate of drug-likeness (QED) is 0.442. The Balaban J connectivity index is 1.61. The molecule has 0 spiro atoms. The number of thiophene rings is 1. The first-order valence-corrected chi connectivity index (χ1v) is 11.8. The fraction of sp³-hybridized carbons (Fsp3) is 0.522. The van der Waals surface area contributed by atoms with Crippen LogP contribution in [0.2, 0.25) is 0 Å². The van der Waals surface area contributed by atoms with Crippen LogP contribution in [0.25, 0.3) is 16.8 Å². The fourth-order valence-electron chi connectivity index (χ4n) is 4.60. The molecule has 0 bridgehead atoms. The lowest BCUT2D eigenvalue weighted by molar-refractivity contribution is -0.100. The number of carbonyl (C=O) groups is 1. The van der Waals surface area contributed by atoms with Gasteiger partial charge in [-0.3, -0.25) is 4.79 Å². The van der Waals surface area contributed by atoms with E-state index in [2.05, 4.69) is 20.1 Å². The van der Waals surface area contributed by atoms with Gasteiger partial charge >= 0.3 is 6.61 Å². The van der Waals surface area contributed by atoms with E-state index in [0.717, 1.165) is 4.88 Å². The average Bonchev–Trinajstić information content (AvgIpc) is 3.30. The molecule has 0 radical (unpaired) electrons. The van der Waals surface area contributed by atoms with Crippen molar-refractivity contribution >= 4 is 22.9 Å². The van der Waals surface area contributed by atoms with Crippen LogP contribution in [0.3, 0.4) is 0 Å². The van der Waals surface area contributed by atoms with Gasteiger partial charge < -0.3 is 10.1 Å². The Hall–Kier alpha value is -2.69. The predicted molar refractivity (Wildman–Crippen MR) is 121 cm³/mol. The number of rotatable bonds is 5. The van der Waals surface area contributed by atoms with Gasteiger partial charge in [-0.15, -0.1) is 11.3 Å². The van der Waals surface area contributed by atoms with Gasteiger partial charge in [0, 0.05) is 22.4 Å². The summed E-state index contributed by atoms with van der Waals surface area (Å²) in [7, 11) is 0. The monoisotopic (exact) mass is 498 g/mol. The molecule has 1 fully saturated rings. The van der Waals surface area contributed by atoms with Gasteiger partial charge in [0.2, 0.25) is 0 Å². The number of aryl methyl sites for hydroxylation is 1. The molecule has 3 aromatic heterocycles. The molecule has 1 unspecified atom stereocenters. The number of aromatic nitrogens is 3. The minimum atomic E-state index is -2.98. The van der Waals surface area contributed by atoms with Crippen LogP contribution in [0.4, 0.5) is 17.6 Å². The molecule has 2 atom stereocenters. The highest BCUT2D eigenvalue weighted by Crippen LogP contribution is 2.45. The standard InChI is InChI=1S/C23H26F4N4O2S/c1-12-14(15-10-29-31-11-13(33-21(24)25)9-28-19(15)31)8-17(34-12)20(32)30-18-16(22(2,3)4)6-5-7-23(18,26)27/h8-11,16,18,21H,5-7H2,1-4H3,(H,30,32)/t16?,18-/m1/s1. The number of nitrogens with zero attached hydrogens (tertiary/aromatic N) is 3. The zero-order valence-electron chi connectivity index (χ0n) is 19.2. The summed E-state index contributed by atoms with van der Waals surface area (Å²) in [5.41, 5.74) is 1.27. The van der Waals surface area contributed by atoms with E-state index >= 15 is 0 Å². The number of nitrogens with one attached hydrogen (secondary N) is 1. The maximum Gasteiger partial charge on any atom is 0.387 e. The first-order valence-electron chi connectivity index (χ1n) is 10.9. The fourth-order valence-corrected chi connectivity index (χ4v) is 5.54. The molecule has 1 N–H and O–H groups in total. The van der Waals surface area contributed by atoms with E-state index in [1.807, 2.05) is 27.7 Å². The lowest BCUT2D eigenvalue weighted by atomic mass is 9.68. The Labute approximate surface area is 198 Å². The molecule has 184 valence electrons. The van der Waals surface area contributed by atoms with Crippen molar-refractivity contribution in [3.63, 3.8) is 0 Å². The smallest absolute Gasteiger partial charge is 0.387 e. The number of hydrogen-bond acceptors (Lipinski definition) is 5. The number of fused-ring (bicyclic) bond motifs is 1. The molecule has 1 amide bonds. The van der Waals surface area contributed by atoms with Crippen molar-refractivity contribution in [1.29, 1.82) is 0 Å². The van der Waals surface area contributed by atoms with Crippen LogP contribution in [0.15, 0.2) is 24.7 Å². The topological polar surface area (TPSA) is 68.5 Å². The van der Waals surface area contributed by atoms with Crippen molar-refractivity contribution in [2.75, 3.05) is 0 Å². The van der Waals surface area contributed by atoms with Gasteiger partial charge in [0.05, 0.1) is 29.5 Å². The summed E-state index contributed by atoms with van der Waals surface area (Å²) < 4.78 is 60.2. The van der Waals surface area contributed by atoms with Crippen LogP contribution >= 0.6 is 11.3 Å². The molecule has 3 aromatic rings. The molecule has 1 aliphatic carbocycles. The van der Waals surface area contributed by atoms with Gasteiger partial charge in [-0.1, -0.05) is 20.8 Å². The number of amides is 1. The Morgan fingerprint density at radius 2 is 2.03 bits per heavy atom. The van der Waals surface area contributed by atoms with Gasteiger partial charge in [0.25, 0.3) is 11.8 Å². The molecule has 6 nitrogen and oxygen atoms in total. The molecular weight excluding hydrogens is 472 g/mol. The summed E-state index contributed by atoms with van der Waals surface area (Å²) in [6.45, 7) is 4.58. The predicted octanol–water partition coefficient (Wildman–Crippen LogP) is 5.95. The number of halogens is 4. The third-order valence-electron chi connectivity index (χ3n) is 6.27. The van der Waals surface area contributed by atoms with Crippen molar-refractivity contribution in [3.05, 3.63) is 34.4 Å². The van der Waals surface area contributed by atoms with Gasteiger partial charge in [-0.25, -0.2) is 18.3 Å². The van der Waals surface area contributed by atoms with E-state index in [4.69, 9.17) is 0 Å². The van der Waals surface area contributed by atoms with Crippen molar-refractivity contribution < 1.29 is 27.1 Å². The van der Waals surface area contributed by atoms with E-state index in [-0.39, 0.29) is 23.5 Å². The van der Waals surface area contributed by atoms with Crippen molar-refractivity contribution in [2.24, 2.45) is 11.3 Å². The number of hydrogen-bond donors (Lipinski definition) is 1. The maximum atomic E-state index is 14.8. The molecular formula is C23H26F4N4O2S. The van der Waals surface area contributed by atoms with Gasteiger partial charge in [-0.2, -0.15) is 13.9 Å². The summed E-state index contributed by atoms with van der Waals surface area (Å²) in [5, 5.41) is 6.77. The van der Waals surface area contributed by atoms with Crippen molar-refractivity contribution in [2.45, 2.75) is 65.5 Å². The first-order chi connectivity index (χ1) is 15.9. The minimum absolute atomic E-state index is 0.138. The molecule has 11 heteroatoms. The minimum Gasteiger partial charge on any atom is -0.432 e. The molecule has 1 saturated carbocycles. The van der Waals surface area contributed by atoms with Crippen LogP contribution in [0.1, 0.15) is 54.6 Å². The zero-order valence-corrected chi connectivity index (χ0v) is 20.1. The second-order valence-corrected chi connectivity index (χ2v) is 10.9. The van der Waals surface area contributed by atoms with Gasteiger partial charge in [0.15, 0.2) is 11.4 Å². The SMILES string of the molecule is Cc1sc(C(=O)N[C@@H]2C(C(C)(C)C)CCCC2(F)F)cc1-c1cnn2cc(OC(F)F)cnc12. The lowest BCUT2D eigenvalue weighted by Gasteiger charge is -2.44. The van der Waals surface area contributed by atoms with Gasteiger partial charge in [-0.05, 0) is 37.2 Å². The van der Waals surface area contributed by atoms with Crippen LogP contribution in [0, 0.1) is 18.3 Å². The molecule has 3 heterocycles.